The number of fused-ring (bicyclic) bond motifs is 6. The Labute approximate surface area is 99.3 Å². The number of aromatic nitrogens is 1. The summed E-state index contributed by atoms with van der Waals surface area (Å²) in [7, 11) is 2.30. The summed E-state index contributed by atoms with van der Waals surface area (Å²) >= 11 is 1.96. The molecule has 0 aromatic carbocycles. The lowest BCUT2D eigenvalue weighted by Gasteiger charge is -2.31. The van der Waals surface area contributed by atoms with Crippen LogP contribution in [-0.4, -0.2) is 23.0 Å². The van der Waals surface area contributed by atoms with Crippen LogP contribution in [0.4, 0.5) is 0 Å². The number of aromatic amines is 1. The zero-order valence-corrected chi connectivity index (χ0v) is 10.5. The first-order valence-corrected chi connectivity index (χ1v) is 6.88. The standard InChI is InChI=1S/C13H16N2S/c1-7-5-10-13(16-7)12-9(14-10)6-8-3-4-11(12)15(8)2/h5,8,11,14H,3-4,6H2,1-2H3. The van der Waals surface area contributed by atoms with Gasteiger partial charge in [0, 0.05) is 34.6 Å². The van der Waals surface area contributed by atoms with Crippen molar-refractivity contribution in [1.82, 2.24) is 9.88 Å². The van der Waals surface area contributed by atoms with Crippen molar-refractivity contribution in [3.05, 3.63) is 22.2 Å². The van der Waals surface area contributed by atoms with Crippen LogP contribution in [0.1, 0.15) is 35.0 Å². The van der Waals surface area contributed by atoms with Crippen LogP contribution in [0.25, 0.3) is 10.2 Å². The van der Waals surface area contributed by atoms with Crippen LogP contribution < -0.4 is 0 Å². The Bertz CT molecular complexity index is 566. The maximum Gasteiger partial charge on any atom is 0.0573 e. The van der Waals surface area contributed by atoms with Crippen LogP contribution in [0, 0.1) is 6.92 Å². The van der Waals surface area contributed by atoms with Crippen molar-refractivity contribution in [3.63, 3.8) is 0 Å². The number of hydrogen-bond acceptors (Lipinski definition) is 2. The molecule has 0 radical (unpaired) electrons. The molecule has 2 aliphatic rings. The molecule has 1 N–H and O–H groups in total. The minimum absolute atomic E-state index is 0.681. The van der Waals surface area contributed by atoms with Gasteiger partial charge in [-0.25, -0.2) is 0 Å². The Morgan fingerprint density at radius 1 is 1.44 bits per heavy atom. The predicted molar refractivity (Wildman–Crippen MR) is 68.1 cm³/mol. The average Bonchev–Trinajstić information content (AvgIpc) is 2.80. The van der Waals surface area contributed by atoms with Gasteiger partial charge in [-0.2, -0.15) is 0 Å². The van der Waals surface area contributed by atoms with Crippen molar-refractivity contribution < 1.29 is 0 Å². The van der Waals surface area contributed by atoms with Crippen molar-refractivity contribution in [3.8, 4) is 0 Å². The van der Waals surface area contributed by atoms with Crippen LogP contribution in [0.5, 0.6) is 0 Å². The van der Waals surface area contributed by atoms with Crippen LogP contribution >= 0.6 is 11.3 Å². The average molecular weight is 232 g/mol. The number of hydrogen-bond donors (Lipinski definition) is 1. The highest BCUT2D eigenvalue weighted by Crippen LogP contribution is 2.47. The van der Waals surface area contributed by atoms with Gasteiger partial charge < -0.3 is 4.98 Å². The van der Waals surface area contributed by atoms with Gasteiger partial charge >= 0.3 is 0 Å². The molecule has 3 heteroatoms. The van der Waals surface area contributed by atoms with Gasteiger partial charge in [0.2, 0.25) is 0 Å². The molecule has 1 saturated heterocycles. The number of nitrogens with zero attached hydrogens (tertiary/aromatic N) is 1. The smallest absolute Gasteiger partial charge is 0.0573 e. The van der Waals surface area contributed by atoms with E-state index in [1.807, 2.05) is 11.3 Å². The summed E-state index contributed by atoms with van der Waals surface area (Å²) in [5.74, 6) is 0. The van der Waals surface area contributed by atoms with Gasteiger partial charge in [0.15, 0.2) is 0 Å². The highest BCUT2D eigenvalue weighted by Gasteiger charge is 2.39. The van der Waals surface area contributed by atoms with E-state index in [2.05, 4.69) is 29.9 Å². The number of thiophene rings is 1. The quantitative estimate of drug-likeness (QED) is 0.739. The number of aryl methyl sites for hydroxylation is 1. The van der Waals surface area contributed by atoms with Gasteiger partial charge in [0.25, 0.3) is 0 Å². The second kappa shape index (κ2) is 2.90. The molecule has 0 aliphatic carbocycles. The van der Waals surface area contributed by atoms with Crippen molar-refractivity contribution in [1.29, 1.82) is 0 Å². The van der Waals surface area contributed by atoms with Gasteiger partial charge in [0.1, 0.15) is 0 Å². The van der Waals surface area contributed by atoms with Crippen LogP contribution in [0.3, 0.4) is 0 Å². The molecule has 2 bridgehead atoms. The summed E-state index contributed by atoms with van der Waals surface area (Å²) in [6.07, 6.45) is 3.94. The zero-order valence-electron chi connectivity index (χ0n) is 9.71. The molecule has 2 aromatic heterocycles. The Hall–Kier alpha value is -0.800. The molecular weight excluding hydrogens is 216 g/mol. The van der Waals surface area contributed by atoms with Gasteiger partial charge in [-0.15, -0.1) is 11.3 Å². The Morgan fingerprint density at radius 2 is 2.31 bits per heavy atom. The lowest BCUT2D eigenvalue weighted by atomic mass is 10.0. The zero-order chi connectivity index (χ0) is 10.9. The lowest BCUT2D eigenvalue weighted by Crippen LogP contribution is -2.33. The first-order chi connectivity index (χ1) is 7.74. The fourth-order valence-electron chi connectivity index (χ4n) is 3.53. The molecule has 4 rings (SSSR count). The molecule has 2 unspecified atom stereocenters. The summed E-state index contributed by atoms with van der Waals surface area (Å²) < 4.78 is 1.52. The molecule has 4 heterocycles. The van der Waals surface area contributed by atoms with E-state index in [4.69, 9.17) is 0 Å². The first kappa shape index (κ1) is 9.25. The topological polar surface area (TPSA) is 19.0 Å². The molecule has 16 heavy (non-hydrogen) atoms. The summed E-state index contributed by atoms with van der Waals surface area (Å²) in [6, 6.07) is 3.76. The van der Waals surface area contributed by atoms with Crippen LogP contribution in [-0.2, 0) is 6.42 Å². The van der Waals surface area contributed by atoms with E-state index < -0.39 is 0 Å². The first-order valence-electron chi connectivity index (χ1n) is 6.07. The van der Waals surface area contributed by atoms with E-state index in [1.54, 1.807) is 5.56 Å². The highest BCUT2D eigenvalue weighted by molar-refractivity contribution is 7.19. The molecule has 1 fully saturated rings. The number of H-pyrrole nitrogens is 1. The van der Waals surface area contributed by atoms with Crippen LogP contribution in [0.15, 0.2) is 6.07 Å². The molecule has 2 nitrogen and oxygen atoms in total. The Morgan fingerprint density at radius 3 is 3.19 bits per heavy atom. The lowest BCUT2D eigenvalue weighted by molar-refractivity contribution is 0.225. The maximum atomic E-state index is 3.64. The molecule has 0 spiro atoms. The van der Waals surface area contributed by atoms with Gasteiger partial charge in [0.05, 0.1) is 10.2 Å². The molecule has 84 valence electrons. The summed E-state index contributed by atoms with van der Waals surface area (Å²) in [5.41, 5.74) is 4.50. The highest BCUT2D eigenvalue weighted by atomic mass is 32.1. The monoisotopic (exact) mass is 232 g/mol. The second-order valence-corrected chi connectivity index (χ2v) is 6.49. The Kier molecular flexibility index (Phi) is 1.68. The fourth-order valence-corrected chi connectivity index (χ4v) is 4.62. The summed E-state index contributed by atoms with van der Waals surface area (Å²) in [4.78, 5) is 7.65. The van der Waals surface area contributed by atoms with Gasteiger partial charge in [-0.1, -0.05) is 0 Å². The minimum atomic E-state index is 0.681. The van der Waals surface area contributed by atoms with Gasteiger partial charge in [-0.3, -0.25) is 4.90 Å². The third-order valence-electron chi connectivity index (χ3n) is 4.32. The van der Waals surface area contributed by atoms with E-state index in [0.29, 0.717) is 6.04 Å². The van der Waals surface area contributed by atoms with Crippen molar-refractivity contribution in [2.24, 2.45) is 0 Å². The normalized spacial score (nSPS) is 28.9. The fraction of sp³-hybridized carbons (Fsp3) is 0.538. The van der Waals surface area contributed by atoms with Crippen LogP contribution in [0.2, 0.25) is 0 Å². The second-order valence-electron chi connectivity index (χ2n) is 5.23. The summed E-state index contributed by atoms with van der Waals surface area (Å²) in [6.45, 7) is 2.20. The van der Waals surface area contributed by atoms with E-state index in [-0.39, 0.29) is 0 Å². The maximum absolute atomic E-state index is 3.64. The van der Waals surface area contributed by atoms with Crippen molar-refractivity contribution in [2.75, 3.05) is 7.05 Å². The predicted octanol–water partition coefficient (Wildman–Crippen LogP) is 3.23. The van der Waals surface area contributed by atoms with E-state index in [0.717, 1.165) is 6.04 Å². The van der Waals surface area contributed by atoms with E-state index in [1.165, 1.54) is 40.1 Å². The van der Waals surface area contributed by atoms with Crippen molar-refractivity contribution in [2.45, 2.75) is 38.3 Å². The number of rotatable bonds is 0. The minimum Gasteiger partial charge on any atom is -0.357 e. The largest absolute Gasteiger partial charge is 0.357 e. The van der Waals surface area contributed by atoms with Crippen molar-refractivity contribution >= 4 is 21.6 Å². The summed E-state index contributed by atoms with van der Waals surface area (Å²) in [5, 5.41) is 0. The third-order valence-corrected chi connectivity index (χ3v) is 5.41. The van der Waals surface area contributed by atoms with Gasteiger partial charge in [-0.05, 0) is 32.9 Å². The molecule has 0 amide bonds. The number of likely N-dealkylation sites (N-methyl/N-ethyl adjacent to an activating group) is 1. The Balaban J connectivity index is 2.01. The van der Waals surface area contributed by atoms with E-state index in [9.17, 15) is 0 Å². The molecular formula is C13H16N2S. The SMILES string of the molecule is Cc1cc2[nH]c3c(c2s1)C1CCC(C3)N1C. The molecule has 2 atom stereocenters. The molecule has 2 aromatic rings. The third kappa shape index (κ3) is 1.01. The molecule has 0 saturated carbocycles. The number of nitrogens with one attached hydrogen (secondary N) is 1. The van der Waals surface area contributed by atoms with E-state index >= 15 is 0 Å². The molecule has 2 aliphatic heterocycles.